The van der Waals surface area contributed by atoms with E-state index in [0.717, 1.165) is 25.9 Å². The second kappa shape index (κ2) is 4.45. The van der Waals surface area contributed by atoms with Crippen LogP contribution in [0, 0.1) is 5.41 Å². The van der Waals surface area contributed by atoms with Crippen LogP contribution in [0.4, 0.5) is 0 Å². The van der Waals surface area contributed by atoms with Gasteiger partial charge in [0.25, 0.3) is 0 Å². The van der Waals surface area contributed by atoms with Crippen LogP contribution >= 0.6 is 0 Å². The van der Waals surface area contributed by atoms with Gasteiger partial charge in [-0.15, -0.1) is 0 Å². The van der Waals surface area contributed by atoms with E-state index >= 15 is 0 Å². The first-order valence-electron chi connectivity index (χ1n) is 5.38. The molecule has 1 aromatic rings. The Morgan fingerprint density at radius 2 is 1.73 bits per heavy atom. The minimum Gasteiger partial charge on any atom is -0.387 e. The van der Waals surface area contributed by atoms with Crippen LogP contribution in [0.1, 0.15) is 11.1 Å². The summed E-state index contributed by atoms with van der Waals surface area (Å²) < 4.78 is 0. The third kappa shape index (κ3) is 2.57. The van der Waals surface area contributed by atoms with Crippen LogP contribution in [0.15, 0.2) is 24.3 Å². The monoisotopic (exact) mass is 203 g/mol. The number of hydrogen-bond donors (Lipinski definition) is 2. The molecule has 0 saturated carbocycles. The number of benzene rings is 1. The van der Waals surface area contributed by atoms with Gasteiger partial charge in [-0.3, -0.25) is 10.3 Å². The van der Waals surface area contributed by atoms with E-state index < -0.39 is 0 Å². The SMILES string of the molecule is N=C(N)CN1CCc2ccccc2CC1. The summed E-state index contributed by atoms with van der Waals surface area (Å²) in [5.74, 6) is 0.265. The van der Waals surface area contributed by atoms with Crippen LogP contribution < -0.4 is 5.73 Å². The Bertz CT molecular complexity index is 333. The first kappa shape index (κ1) is 10.2. The average molecular weight is 203 g/mol. The second-order valence-electron chi connectivity index (χ2n) is 4.07. The van der Waals surface area contributed by atoms with Crippen molar-refractivity contribution in [2.75, 3.05) is 19.6 Å². The lowest BCUT2D eigenvalue weighted by Gasteiger charge is -2.18. The van der Waals surface area contributed by atoms with Crippen molar-refractivity contribution in [3.05, 3.63) is 35.4 Å². The van der Waals surface area contributed by atoms with Crippen molar-refractivity contribution in [2.45, 2.75) is 12.8 Å². The molecule has 0 aliphatic carbocycles. The molecule has 0 atom stereocenters. The van der Waals surface area contributed by atoms with Gasteiger partial charge in [0, 0.05) is 13.1 Å². The van der Waals surface area contributed by atoms with Gasteiger partial charge in [0.2, 0.25) is 0 Å². The first-order chi connectivity index (χ1) is 7.25. The summed E-state index contributed by atoms with van der Waals surface area (Å²) in [6.07, 6.45) is 2.15. The minimum atomic E-state index is 0.265. The molecule has 1 aliphatic heterocycles. The quantitative estimate of drug-likeness (QED) is 0.557. The molecule has 3 heteroatoms. The van der Waals surface area contributed by atoms with Crippen molar-refractivity contribution >= 4 is 5.84 Å². The number of amidine groups is 1. The summed E-state index contributed by atoms with van der Waals surface area (Å²) in [4.78, 5) is 2.25. The van der Waals surface area contributed by atoms with Crippen LogP contribution in [-0.2, 0) is 12.8 Å². The molecule has 3 nitrogen and oxygen atoms in total. The number of nitrogens with two attached hydrogens (primary N) is 1. The Morgan fingerprint density at radius 1 is 1.20 bits per heavy atom. The molecule has 3 N–H and O–H groups in total. The number of nitrogens with one attached hydrogen (secondary N) is 1. The molecule has 0 bridgehead atoms. The van der Waals surface area contributed by atoms with E-state index in [2.05, 4.69) is 29.2 Å². The topological polar surface area (TPSA) is 53.1 Å². The summed E-state index contributed by atoms with van der Waals surface area (Å²) in [5.41, 5.74) is 8.32. The lowest BCUT2D eigenvalue weighted by Crippen LogP contribution is -2.35. The van der Waals surface area contributed by atoms with E-state index in [4.69, 9.17) is 11.1 Å². The van der Waals surface area contributed by atoms with E-state index in [1.54, 1.807) is 0 Å². The third-order valence-electron chi connectivity index (χ3n) is 2.91. The Kier molecular flexibility index (Phi) is 3.02. The second-order valence-corrected chi connectivity index (χ2v) is 4.07. The lowest BCUT2D eigenvalue weighted by molar-refractivity contribution is 0.326. The summed E-state index contributed by atoms with van der Waals surface area (Å²) in [7, 11) is 0. The van der Waals surface area contributed by atoms with Crippen molar-refractivity contribution in [2.24, 2.45) is 5.73 Å². The largest absolute Gasteiger partial charge is 0.387 e. The van der Waals surface area contributed by atoms with E-state index in [1.807, 2.05) is 0 Å². The van der Waals surface area contributed by atoms with Gasteiger partial charge in [-0.2, -0.15) is 0 Å². The average Bonchev–Trinajstić information content (AvgIpc) is 2.41. The number of fused-ring (bicyclic) bond motifs is 1. The zero-order chi connectivity index (χ0) is 10.7. The molecule has 80 valence electrons. The summed E-state index contributed by atoms with van der Waals surface area (Å²) in [6, 6.07) is 8.60. The number of nitrogens with zero attached hydrogens (tertiary/aromatic N) is 1. The summed E-state index contributed by atoms with van der Waals surface area (Å²) in [5, 5.41) is 7.30. The molecule has 1 aromatic carbocycles. The molecule has 0 aromatic heterocycles. The molecule has 0 fully saturated rings. The summed E-state index contributed by atoms with van der Waals surface area (Å²) >= 11 is 0. The third-order valence-corrected chi connectivity index (χ3v) is 2.91. The van der Waals surface area contributed by atoms with Crippen molar-refractivity contribution in [1.82, 2.24) is 4.90 Å². The van der Waals surface area contributed by atoms with E-state index in [-0.39, 0.29) is 5.84 Å². The molecule has 0 amide bonds. The predicted octanol–water partition coefficient (Wildman–Crippen LogP) is 1.02. The van der Waals surface area contributed by atoms with Crippen molar-refractivity contribution in [3.8, 4) is 0 Å². The van der Waals surface area contributed by atoms with Gasteiger partial charge in [0.1, 0.15) is 5.84 Å². The van der Waals surface area contributed by atoms with E-state index in [9.17, 15) is 0 Å². The summed E-state index contributed by atoms with van der Waals surface area (Å²) in [6.45, 7) is 2.63. The van der Waals surface area contributed by atoms with Gasteiger partial charge in [0.05, 0.1) is 6.54 Å². The van der Waals surface area contributed by atoms with Crippen molar-refractivity contribution < 1.29 is 0 Å². The van der Waals surface area contributed by atoms with E-state index in [0.29, 0.717) is 6.54 Å². The van der Waals surface area contributed by atoms with Gasteiger partial charge >= 0.3 is 0 Å². The Morgan fingerprint density at radius 3 is 2.20 bits per heavy atom. The molecule has 0 spiro atoms. The Balaban J connectivity index is 2.05. The molecule has 1 heterocycles. The molecule has 0 saturated heterocycles. The zero-order valence-corrected chi connectivity index (χ0v) is 8.87. The van der Waals surface area contributed by atoms with Crippen molar-refractivity contribution in [3.63, 3.8) is 0 Å². The highest BCUT2D eigenvalue weighted by atomic mass is 15.1. The first-order valence-corrected chi connectivity index (χ1v) is 5.38. The predicted molar refractivity (Wildman–Crippen MR) is 62.2 cm³/mol. The van der Waals surface area contributed by atoms with Gasteiger partial charge in [-0.05, 0) is 24.0 Å². The van der Waals surface area contributed by atoms with E-state index in [1.165, 1.54) is 11.1 Å². The van der Waals surface area contributed by atoms with Gasteiger partial charge in [-0.25, -0.2) is 0 Å². The maximum atomic E-state index is 7.30. The van der Waals surface area contributed by atoms with Crippen LogP contribution in [0.5, 0.6) is 0 Å². The standard InChI is InChI=1S/C12H17N3/c13-12(14)9-15-7-5-10-3-1-2-4-11(10)6-8-15/h1-4H,5-9H2,(H3,13,14). The highest BCUT2D eigenvalue weighted by Gasteiger charge is 2.13. The maximum Gasteiger partial charge on any atom is 0.105 e. The van der Waals surface area contributed by atoms with Crippen molar-refractivity contribution in [1.29, 1.82) is 5.41 Å². The fourth-order valence-corrected chi connectivity index (χ4v) is 2.11. The molecule has 2 rings (SSSR count). The maximum absolute atomic E-state index is 7.30. The fraction of sp³-hybridized carbons (Fsp3) is 0.417. The molecule has 1 aliphatic rings. The van der Waals surface area contributed by atoms with Gasteiger partial charge in [0.15, 0.2) is 0 Å². The zero-order valence-electron chi connectivity index (χ0n) is 8.87. The molecule has 15 heavy (non-hydrogen) atoms. The molecular formula is C12H17N3. The normalized spacial score (nSPS) is 16.8. The Labute approximate surface area is 90.4 Å². The van der Waals surface area contributed by atoms with Crippen LogP contribution in [0.2, 0.25) is 0 Å². The fourth-order valence-electron chi connectivity index (χ4n) is 2.11. The number of rotatable bonds is 2. The van der Waals surface area contributed by atoms with Gasteiger partial charge < -0.3 is 5.73 Å². The smallest absolute Gasteiger partial charge is 0.105 e. The van der Waals surface area contributed by atoms with Crippen LogP contribution in [-0.4, -0.2) is 30.4 Å². The van der Waals surface area contributed by atoms with Crippen LogP contribution in [0.3, 0.4) is 0 Å². The highest BCUT2D eigenvalue weighted by Crippen LogP contribution is 2.14. The minimum absolute atomic E-state index is 0.265. The molecular weight excluding hydrogens is 186 g/mol. The lowest BCUT2D eigenvalue weighted by atomic mass is 10.0. The number of hydrogen-bond acceptors (Lipinski definition) is 2. The Hall–Kier alpha value is -1.35. The van der Waals surface area contributed by atoms with Crippen LogP contribution in [0.25, 0.3) is 0 Å². The highest BCUT2D eigenvalue weighted by molar-refractivity contribution is 5.78. The molecule has 0 unspecified atom stereocenters. The van der Waals surface area contributed by atoms with Gasteiger partial charge in [-0.1, -0.05) is 24.3 Å². The molecule has 0 radical (unpaired) electrons.